The monoisotopic (exact) mass is 296 g/mol. The van der Waals surface area contributed by atoms with Gasteiger partial charge in [-0.25, -0.2) is 4.52 Å². The van der Waals surface area contributed by atoms with Crippen LogP contribution in [0, 0.1) is 0 Å². The van der Waals surface area contributed by atoms with Crippen molar-refractivity contribution in [1.82, 2.24) is 19.5 Å². The molecule has 0 aliphatic rings. The summed E-state index contributed by atoms with van der Waals surface area (Å²) in [5.41, 5.74) is 1.31. The molecule has 2 aromatic rings. The van der Waals surface area contributed by atoms with E-state index < -0.39 is 0 Å². The van der Waals surface area contributed by atoms with E-state index in [1.54, 1.807) is 41.3 Å². The SMILES string of the molecule is CC(CBr)N(C)C(=O)c1cnn2ccncc12. The van der Waals surface area contributed by atoms with Crippen LogP contribution in [0.3, 0.4) is 0 Å². The summed E-state index contributed by atoms with van der Waals surface area (Å²) < 4.78 is 1.65. The van der Waals surface area contributed by atoms with Crippen LogP contribution in [-0.2, 0) is 0 Å². The molecule has 0 aliphatic heterocycles. The van der Waals surface area contributed by atoms with E-state index in [4.69, 9.17) is 0 Å². The molecule has 1 amide bonds. The predicted octanol–water partition coefficient (Wildman–Crippen LogP) is 1.58. The predicted molar refractivity (Wildman–Crippen MR) is 68.3 cm³/mol. The van der Waals surface area contributed by atoms with Gasteiger partial charge in [0.05, 0.1) is 23.5 Å². The fourth-order valence-corrected chi connectivity index (χ4v) is 1.93. The molecule has 0 N–H and O–H groups in total. The minimum Gasteiger partial charge on any atom is -0.338 e. The molecule has 0 fully saturated rings. The van der Waals surface area contributed by atoms with E-state index in [9.17, 15) is 4.79 Å². The first kappa shape index (κ1) is 12.0. The molecular formula is C11H13BrN4O. The zero-order valence-electron chi connectivity index (χ0n) is 9.67. The molecule has 0 spiro atoms. The van der Waals surface area contributed by atoms with Crippen molar-refractivity contribution in [3.63, 3.8) is 0 Å². The molecule has 0 aliphatic carbocycles. The number of nitrogens with zero attached hydrogens (tertiary/aromatic N) is 4. The van der Waals surface area contributed by atoms with Crippen LogP contribution in [0.4, 0.5) is 0 Å². The number of carbonyl (C=O) groups is 1. The molecular weight excluding hydrogens is 284 g/mol. The lowest BCUT2D eigenvalue weighted by molar-refractivity contribution is 0.0760. The number of hydrogen-bond acceptors (Lipinski definition) is 3. The van der Waals surface area contributed by atoms with Crippen molar-refractivity contribution in [2.75, 3.05) is 12.4 Å². The van der Waals surface area contributed by atoms with Crippen LogP contribution in [0.2, 0.25) is 0 Å². The molecule has 0 saturated heterocycles. The topological polar surface area (TPSA) is 50.5 Å². The summed E-state index contributed by atoms with van der Waals surface area (Å²) in [5.74, 6) is -0.0417. The molecule has 0 radical (unpaired) electrons. The summed E-state index contributed by atoms with van der Waals surface area (Å²) in [6.07, 6.45) is 6.59. The van der Waals surface area contributed by atoms with Crippen LogP contribution in [0.5, 0.6) is 0 Å². The van der Waals surface area contributed by atoms with Gasteiger partial charge in [-0.3, -0.25) is 9.78 Å². The number of hydrogen-bond donors (Lipinski definition) is 0. The standard InChI is InChI=1S/C11H13BrN4O/c1-8(5-12)15(2)11(17)9-6-14-16-4-3-13-7-10(9)16/h3-4,6-8H,5H2,1-2H3. The van der Waals surface area contributed by atoms with Gasteiger partial charge in [-0.1, -0.05) is 15.9 Å². The summed E-state index contributed by atoms with van der Waals surface area (Å²) in [6.45, 7) is 1.98. The summed E-state index contributed by atoms with van der Waals surface area (Å²) in [6, 6.07) is 0.133. The molecule has 17 heavy (non-hydrogen) atoms. The van der Waals surface area contributed by atoms with Gasteiger partial charge in [0, 0.05) is 30.8 Å². The molecule has 2 rings (SSSR count). The zero-order chi connectivity index (χ0) is 12.4. The second-order valence-electron chi connectivity index (χ2n) is 3.88. The van der Waals surface area contributed by atoms with Crippen molar-refractivity contribution in [1.29, 1.82) is 0 Å². The van der Waals surface area contributed by atoms with E-state index in [1.165, 1.54) is 0 Å². The first-order chi connectivity index (χ1) is 8.15. The van der Waals surface area contributed by atoms with Crippen molar-refractivity contribution in [2.45, 2.75) is 13.0 Å². The Balaban J connectivity index is 2.37. The number of rotatable bonds is 3. The van der Waals surface area contributed by atoms with E-state index in [0.717, 1.165) is 10.8 Å². The van der Waals surface area contributed by atoms with Crippen LogP contribution >= 0.6 is 15.9 Å². The Kier molecular flexibility index (Phi) is 3.42. The fourth-order valence-electron chi connectivity index (χ4n) is 1.49. The summed E-state index contributed by atoms with van der Waals surface area (Å²) in [4.78, 5) is 17.9. The first-order valence-electron chi connectivity index (χ1n) is 5.25. The Morgan fingerprint density at radius 1 is 1.59 bits per heavy atom. The van der Waals surface area contributed by atoms with Crippen LogP contribution < -0.4 is 0 Å². The average molecular weight is 297 g/mol. The molecule has 0 bridgehead atoms. The third-order valence-electron chi connectivity index (χ3n) is 2.76. The zero-order valence-corrected chi connectivity index (χ0v) is 11.3. The molecule has 2 heterocycles. The van der Waals surface area contributed by atoms with Gasteiger partial charge in [0.2, 0.25) is 0 Å². The Labute approximate surface area is 108 Å². The summed E-state index contributed by atoms with van der Waals surface area (Å²) >= 11 is 3.37. The molecule has 1 atom stereocenters. The lowest BCUT2D eigenvalue weighted by Gasteiger charge is -2.22. The van der Waals surface area contributed by atoms with E-state index in [2.05, 4.69) is 26.0 Å². The molecule has 0 aromatic carbocycles. The van der Waals surface area contributed by atoms with Crippen molar-refractivity contribution in [3.8, 4) is 0 Å². The van der Waals surface area contributed by atoms with Gasteiger partial charge in [0.15, 0.2) is 0 Å². The lowest BCUT2D eigenvalue weighted by Crippen LogP contribution is -2.36. The largest absolute Gasteiger partial charge is 0.338 e. The smallest absolute Gasteiger partial charge is 0.257 e. The third-order valence-corrected chi connectivity index (χ3v) is 3.70. The maximum atomic E-state index is 12.2. The lowest BCUT2D eigenvalue weighted by atomic mass is 10.2. The number of halogens is 1. The van der Waals surface area contributed by atoms with Crippen LogP contribution in [0.25, 0.3) is 5.52 Å². The van der Waals surface area contributed by atoms with Crippen molar-refractivity contribution >= 4 is 27.4 Å². The Morgan fingerprint density at radius 3 is 3.06 bits per heavy atom. The number of aromatic nitrogens is 3. The molecule has 1 unspecified atom stereocenters. The van der Waals surface area contributed by atoms with Gasteiger partial charge >= 0.3 is 0 Å². The normalized spacial score (nSPS) is 12.6. The van der Waals surface area contributed by atoms with E-state index in [-0.39, 0.29) is 11.9 Å². The fraction of sp³-hybridized carbons (Fsp3) is 0.364. The number of amides is 1. The Morgan fingerprint density at radius 2 is 2.35 bits per heavy atom. The van der Waals surface area contributed by atoms with Gasteiger partial charge in [-0.05, 0) is 6.92 Å². The third kappa shape index (κ3) is 2.17. The van der Waals surface area contributed by atoms with Crippen molar-refractivity contribution in [3.05, 3.63) is 30.4 Å². The summed E-state index contributed by atoms with van der Waals surface area (Å²) in [5, 5.41) is 4.87. The number of carbonyl (C=O) groups excluding carboxylic acids is 1. The van der Waals surface area contributed by atoms with Gasteiger partial charge in [0.25, 0.3) is 5.91 Å². The highest BCUT2D eigenvalue weighted by Crippen LogP contribution is 2.13. The molecule has 90 valence electrons. The van der Waals surface area contributed by atoms with Crippen LogP contribution in [0.15, 0.2) is 24.8 Å². The Bertz CT molecular complexity index is 539. The minimum absolute atomic E-state index is 0.0417. The molecule has 5 nitrogen and oxygen atoms in total. The van der Waals surface area contributed by atoms with Crippen LogP contribution in [-0.4, -0.2) is 43.8 Å². The van der Waals surface area contributed by atoms with Gasteiger partial charge in [0.1, 0.15) is 0 Å². The second kappa shape index (κ2) is 4.83. The molecule has 6 heteroatoms. The van der Waals surface area contributed by atoms with Gasteiger partial charge in [-0.15, -0.1) is 0 Å². The molecule has 0 saturated carbocycles. The highest BCUT2D eigenvalue weighted by atomic mass is 79.9. The van der Waals surface area contributed by atoms with Gasteiger partial charge in [-0.2, -0.15) is 5.10 Å². The highest BCUT2D eigenvalue weighted by Gasteiger charge is 2.20. The minimum atomic E-state index is -0.0417. The van der Waals surface area contributed by atoms with Crippen molar-refractivity contribution in [2.24, 2.45) is 0 Å². The maximum Gasteiger partial charge on any atom is 0.257 e. The average Bonchev–Trinajstić information content (AvgIpc) is 2.79. The maximum absolute atomic E-state index is 12.2. The first-order valence-corrected chi connectivity index (χ1v) is 6.37. The van der Waals surface area contributed by atoms with Gasteiger partial charge < -0.3 is 4.90 Å². The molecule has 2 aromatic heterocycles. The van der Waals surface area contributed by atoms with E-state index in [1.807, 2.05) is 6.92 Å². The second-order valence-corrected chi connectivity index (χ2v) is 4.53. The summed E-state index contributed by atoms with van der Waals surface area (Å²) in [7, 11) is 1.79. The quantitative estimate of drug-likeness (QED) is 0.808. The Hall–Kier alpha value is -1.43. The van der Waals surface area contributed by atoms with E-state index in [0.29, 0.717) is 5.56 Å². The highest BCUT2D eigenvalue weighted by molar-refractivity contribution is 9.09. The van der Waals surface area contributed by atoms with Crippen LogP contribution in [0.1, 0.15) is 17.3 Å². The number of fused-ring (bicyclic) bond motifs is 1. The van der Waals surface area contributed by atoms with E-state index >= 15 is 0 Å². The van der Waals surface area contributed by atoms with Crippen molar-refractivity contribution < 1.29 is 4.79 Å². The number of alkyl halides is 1.